The predicted octanol–water partition coefficient (Wildman–Crippen LogP) is 4.96. The Morgan fingerprint density at radius 2 is 2.08 bits per heavy atom. The zero-order chi connectivity index (χ0) is 17.4. The number of H-pyrrole nitrogens is 1. The Morgan fingerprint density at radius 1 is 1.28 bits per heavy atom. The molecule has 3 aromatic rings. The van der Waals surface area contributed by atoms with Crippen molar-refractivity contribution < 1.29 is 4.74 Å². The first-order chi connectivity index (χ1) is 12.2. The van der Waals surface area contributed by atoms with Gasteiger partial charge < -0.3 is 9.72 Å². The van der Waals surface area contributed by atoms with Gasteiger partial charge in [-0.3, -0.25) is 4.90 Å². The second-order valence-corrected chi connectivity index (χ2v) is 6.95. The third-order valence-corrected chi connectivity index (χ3v) is 5.13. The fourth-order valence-electron chi connectivity index (χ4n) is 3.70. The molecule has 3 nitrogen and oxygen atoms in total. The number of hydrogen-bond donors (Lipinski definition) is 1. The highest BCUT2D eigenvalue weighted by atomic mass is 35.5. The van der Waals surface area contributed by atoms with Crippen LogP contribution in [0, 0.1) is 0 Å². The van der Waals surface area contributed by atoms with E-state index in [2.05, 4.69) is 47.8 Å². The summed E-state index contributed by atoms with van der Waals surface area (Å²) in [6.45, 7) is 5.23. The van der Waals surface area contributed by atoms with Crippen LogP contribution in [0.25, 0.3) is 10.9 Å². The third-order valence-electron chi connectivity index (χ3n) is 4.89. The first-order valence-corrected chi connectivity index (χ1v) is 8.89. The summed E-state index contributed by atoms with van der Waals surface area (Å²) in [7, 11) is 2.17. The minimum Gasteiger partial charge on any atom is -0.490 e. The average molecular weight is 353 g/mol. The lowest BCUT2D eigenvalue weighted by Crippen LogP contribution is -2.32. The van der Waals surface area contributed by atoms with Gasteiger partial charge in [-0.2, -0.15) is 0 Å². The van der Waals surface area contributed by atoms with Gasteiger partial charge in [0.25, 0.3) is 0 Å². The number of aromatic amines is 1. The summed E-state index contributed by atoms with van der Waals surface area (Å²) in [6, 6.07) is 14.6. The molecular weight excluding hydrogens is 332 g/mol. The molecule has 0 saturated heterocycles. The Morgan fingerprint density at radius 3 is 2.84 bits per heavy atom. The molecule has 0 radical (unpaired) electrons. The number of aromatic nitrogens is 1. The van der Waals surface area contributed by atoms with E-state index in [4.69, 9.17) is 16.3 Å². The molecule has 1 aliphatic heterocycles. The molecule has 0 fully saturated rings. The van der Waals surface area contributed by atoms with Crippen molar-refractivity contribution in [3.8, 4) is 5.75 Å². The van der Waals surface area contributed by atoms with E-state index >= 15 is 0 Å². The van der Waals surface area contributed by atoms with Crippen LogP contribution < -0.4 is 4.74 Å². The Balaban J connectivity index is 1.75. The van der Waals surface area contributed by atoms with E-state index < -0.39 is 0 Å². The van der Waals surface area contributed by atoms with Gasteiger partial charge in [0.15, 0.2) is 0 Å². The molecule has 0 saturated carbocycles. The minimum absolute atomic E-state index is 0.211. The molecule has 2 heterocycles. The van der Waals surface area contributed by atoms with Crippen molar-refractivity contribution in [3.63, 3.8) is 0 Å². The summed E-state index contributed by atoms with van der Waals surface area (Å²) < 4.78 is 5.60. The number of likely N-dealkylation sites (N-methyl/N-ethyl adjacent to an activating group) is 1. The molecule has 4 heteroatoms. The van der Waals surface area contributed by atoms with Crippen molar-refractivity contribution >= 4 is 22.5 Å². The van der Waals surface area contributed by atoms with Crippen LogP contribution in [-0.4, -0.2) is 30.1 Å². The fourth-order valence-corrected chi connectivity index (χ4v) is 3.88. The summed E-state index contributed by atoms with van der Waals surface area (Å²) in [5, 5.41) is 2.03. The highest BCUT2D eigenvalue weighted by Crippen LogP contribution is 2.38. The number of fused-ring (bicyclic) bond motifs is 3. The Kier molecular flexibility index (Phi) is 4.28. The molecule has 1 atom stereocenters. The number of benzene rings is 2. The van der Waals surface area contributed by atoms with Crippen molar-refractivity contribution in [3.05, 3.63) is 77.0 Å². The maximum atomic E-state index is 6.21. The maximum Gasteiger partial charge on any atom is 0.119 e. The van der Waals surface area contributed by atoms with Crippen molar-refractivity contribution in [2.24, 2.45) is 0 Å². The highest BCUT2D eigenvalue weighted by Gasteiger charge is 2.29. The summed E-state index contributed by atoms with van der Waals surface area (Å²) in [5.41, 5.74) is 5.06. The Labute approximate surface area is 152 Å². The fraction of sp³-hybridized carbons (Fsp3) is 0.238. The van der Waals surface area contributed by atoms with Gasteiger partial charge >= 0.3 is 0 Å². The normalized spacial score (nSPS) is 17.4. The molecule has 0 aliphatic carbocycles. The number of hydrogen-bond acceptors (Lipinski definition) is 2. The van der Waals surface area contributed by atoms with Crippen molar-refractivity contribution in [2.45, 2.75) is 12.5 Å². The Bertz CT molecular complexity index is 914. The maximum absolute atomic E-state index is 6.21. The quantitative estimate of drug-likeness (QED) is 0.672. The molecule has 2 aromatic carbocycles. The molecular formula is C21H21ClN2O. The van der Waals surface area contributed by atoms with E-state index in [1.165, 1.54) is 22.2 Å². The zero-order valence-electron chi connectivity index (χ0n) is 14.3. The smallest absolute Gasteiger partial charge is 0.119 e. The van der Waals surface area contributed by atoms with Gasteiger partial charge in [-0.25, -0.2) is 0 Å². The van der Waals surface area contributed by atoms with Crippen LogP contribution in [0.3, 0.4) is 0 Å². The van der Waals surface area contributed by atoms with E-state index in [-0.39, 0.29) is 6.04 Å². The first kappa shape index (κ1) is 16.2. The standard InChI is InChI=1S/C21H21ClN2O/c1-3-12-25-16-7-4-14(5-8-16)21-20-17(10-11-24(21)2)18-13-15(22)6-9-19(18)23-20/h3-9,13,21,23H,1,10-12H2,2H3. The van der Waals surface area contributed by atoms with Crippen molar-refractivity contribution in [1.29, 1.82) is 0 Å². The Hall–Kier alpha value is -2.23. The van der Waals surface area contributed by atoms with Crippen molar-refractivity contribution in [1.82, 2.24) is 9.88 Å². The lowest BCUT2D eigenvalue weighted by atomic mass is 9.93. The summed E-state index contributed by atoms with van der Waals surface area (Å²) >= 11 is 6.21. The van der Waals surface area contributed by atoms with E-state index in [1.807, 2.05) is 18.2 Å². The summed E-state index contributed by atoms with van der Waals surface area (Å²) in [4.78, 5) is 6.01. The summed E-state index contributed by atoms with van der Waals surface area (Å²) in [6.07, 6.45) is 2.79. The molecule has 128 valence electrons. The molecule has 0 bridgehead atoms. The van der Waals surface area contributed by atoms with Crippen LogP contribution in [0.1, 0.15) is 22.9 Å². The number of nitrogens with zero attached hydrogens (tertiary/aromatic N) is 1. The molecule has 25 heavy (non-hydrogen) atoms. The van der Waals surface area contributed by atoms with E-state index in [1.54, 1.807) is 6.08 Å². The SMILES string of the molecule is C=CCOc1ccc(C2c3[nH]c4ccc(Cl)cc4c3CCN2C)cc1. The van der Waals surface area contributed by atoms with Gasteiger partial charge in [0.05, 0.1) is 6.04 Å². The monoisotopic (exact) mass is 352 g/mol. The highest BCUT2D eigenvalue weighted by molar-refractivity contribution is 6.31. The number of rotatable bonds is 4. The van der Waals surface area contributed by atoms with E-state index in [0.717, 1.165) is 29.3 Å². The van der Waals surface area contributed by atoms with Crippen LogP contribution in [0.4, 0.5) is 0 Å². The second kappa shape index (κ2) is 6.58. The third kappa shape index (κ3) is 2.94. The minimum atomic E-state index is 0.211. The van der Waals surface area contributed by atoms with E-state index in [9.17, 15) is 0 Å². The molecule has 1 unspecified atom stereocenters. The molecule has 4 rings (SSSR count). The topological polar surface area (TPSA) is 28.3 Å². The number of ether oxygens (including phenoxy) is 1. The second-order valence-electron chi connectivity index (χ2n) is 6.51. The van der Waals surface area contributed by atoms with Gasteiger partial charge in [0.2, 0.25) is 0 Å². The number of halogens is 1. The lowest BCUT2D eigenvalue weighted by molar-refractivity contribution is 0.261. The lowest BCUT2D eigenvalue weighted by Gasteiger charge is -2.33. The number of nitrogens with one attached hydrogen (secondary N) is 1. The first-order valence-electron chi connectivity index (χ1n) is 8.51. The van der Waals surface area contributed by atoms with Gasteiger partial charge in [-0.1, -0.05) is 36.4 Å². The van der Waals surface area contributed by atoms with Gasteiger partial charge in [0.1, 0.15) is 12.4 Å². The molecule has 1 aliphatic rings. The van der Waals surface area contributed by atoms with Crippen LogP contribution in [0.15, 0.2) is 55.1 Å². The predicted molar refractivity (Wildman–Crippen MR) is 104 cm³/mol. The largest absolute Gasteiger partial charge is 0.490 e. The van der Waals surface area contributed by atoms with Crippen LogP contribution >= 0.6 is 11.6 Å². The van der Waals surface area contributed by atoms with Crippen LogP contribution in [-0.2, 0) is 6.42 Å². The molecule has 1 aromatic heterocycles. The average Bonchev–Trinajstić information content (AvgIpc) is 2.98. The van der Waals surface area contributed by atoms with Crippen molar-refractivity contribution in [2.75, 3.05) is 20.2 Å². The molecule has 0 spiro atoms. The van der Waals surface area contributed by atoms with E-state index in [0.29, 0.717) is 6.61 Å². The van der Waals surface area contributed by atoms with Gasteiger partial charge in [-0.05, 0) is 54.9 Å². The molecule has 1 N–H and O–H groups in total. The van der Waals surface area contributed by atoms with Gasteiger partial charge in [0, 0.05) is 28.2 Å². The zero-order valence-corrected chi connectivity index (χ0v) is 15.0. The molecule has 0 amide bonds. The van der Waals surface area contributed by atoms with Crippen LogP contribution in [0.5, 0.6) is 5.75 Å². The van der Waals surface area contributed by atoms with Crippen LogP contribution in [0.2, 0.25) is 5.02 Å². The van der Waals surface area contributed by atoms with Gasteiger partial charge in [-0.15, -0.1) is 0 Å². The summed E-state index contributed by atoms with van der Waals surface area (Å²) in [5.74, 6) is 0.866.